The van der Waals surface area contributed by atoms with E-state index in [-0.39, 0.29) is 18.4 Å². The molecule has 1 aliphatic heterocycles. The normalized spacial score (nSPS) is 16.2. The summed E-state index contributed by atoms with van der Waals surface area (Å²) < 4.78 is 10.0. The third kappa shape index (κ3) is 5.69. The Morgan fingerprint density at radius 3 is 2.38 bits per heavy atom. The van der Waals surface area contributed by atoms with Crippen molar-refractivity contribution < 1.29 is 19.1 Å². The van der Waals surface area contributed by atoms with Gasteiger partial charge in [-0.1, -0.05) is 0 Å². The van der Waals surface area contributed by atoms with Gasteiger partial charge in [-0.25, -0.2) is 0 Å². The number of amides is 2. The first kappa shape index (κ1) is 20.2. The summed E-state index contributed by atoms with van der Waals surface area (Å²) in [5.41, 5.74) is 6.40. The topological polar surface area (TPSA) is 97.1 Å². The first-order valence-electron chi connectivity index (χ1n) is 8.73. The molecule has 1 fully saturated rings. The fourth-order valence-corrected chi connectivity index (χ4v) is 2.85. The molecule has 0 spiro atoms. The average molecular weight is 364 g/mol. The number of nitrogens with zero attached hydrogens (tertiary/aromatic N) is 2. The van der Waals surface area contributed by atoms with Crippen LogP contribution in [0.2, 0.25) is 0 Å². The van der Waals surface area contributed by atoms with Gasteiger partial charge in [-0.05, 0) is 24.3 Å². The van der Waals surface area contributed by atoms with E-state index in [1.165, 1.54) is 7.11 Å². The fraction of sp³-hybridized carbons (Fsp3) is 0.556. The number of ether oxygens (including phenoxy) is 2. The number of piperazine rings is 1. The lowest BCUT2D eigenvalue weighted by molar-refractivity contribution is -0.135. The molecule has 0 saturated carbocycles. The quantitative estimate of drug-likeness (QED) is 0.648. The van der Waals surface area contributed by atoms with Gasteiger partial charge in [-0.3, -0.25) is 14.5 Å². The first-order chi connectivity index (χ1) is 12.5. The van der Waals surface area contributed by atoms with E-state index in [0.717, 1.165) is 25.4 Å². The standard InChI is InChI=1S/C18H28N4O4/c1-25-13-16(19)18(24)22-11-9-21(10-12-22)8-7-20-17(23)14-3-5-15(26-2)6-4-14/h3-6,16H,7-13,19H2,1-2H3,(H,20,23). The third-order valence-corrected chi connectivity index (χ3v) is 4.41. The van der Waals surface area contributed by atoms with E-state index in [4.69, 9.17) is 15.2 Å². The summed E-state index contributed by atoms with van der Waals surface area (Å²) in [5, 5.41) is 2.91. The van der Waals surface area contributed by atoms with Crippen LogP contribution in [0.5, 0.6) is 5.75 Å². The Kier molecular flexibility index (Phi) is 7.83. The Labute approximate surface area is 154 Å². The lowest BCUT2D eigenvalue weighted by atomic mass is 10.2. The molecule has 3 N–H and O–H groups in total. The minimum absolute atomic E-state index is 0.0701. The zero-order chi connectivity index (χ0) is 18.9. The fourth-order valence-electron chi connectivity index (χ4n) is 2.85. The summed E-state index contributed by atoms with van der Waals surface area (Å²) in [4.78, 5) is 28.2. The van der Waals surface area contributed by atoms with Crippen molar-refractivity contribution in [2.24, 2.45) is 5.73 Å². The second kappa shape index (κ2) is 10.1. The molecule has 1 aromatic rings. The van der Waals surface area contributed by atoms with E-state index in [9.17, 15) is 9.59 Å². The number of hydrogen-bond donors (Lipinski definition) is 2. The number of nitrogens with two attached hydrogens (primary N) is 1. The van der Waals surface area contributed by atoms with Gasteiger partial charge in [0.2, 0.25) is 5.91 Å². The molecule has 0 radical (unpaired) electrons. The molecular formula is C18H28N4O4. The van der Waals surface area contributed by atoms with Crippen LogP contribution in [0.25, 0.3) is 0 Å². The smallest absolute Gasteiger partial charge is 0.251 e. The highest BCUT2D eigenvalue weighted by Crippen LogP contribution is 2.11. The van der Waals surface area contributed by atoms with Gasteiger partial charge >= 0.3 is 0 Å². The minimum atomic E-state index is -0.602. The summed E-state index contributed by atoms with van der Waals surface area (Å²) in [6.45, 7) is 4.35. The highest BCUT2D eigenvalue weighted by atomic mass is 16.5. The van der Waals surface area contributed by atoms with E-state index in [1.54, 1.807) is 36.3 Å². The molecule has 2 rings (SSSR count). The summed E-state index contributed by atoms with van der Waals surface area (Å²) in [5.74, 6) is 0.547. The van der Waals surface area contributed by atoms with E-state index in [2.05, 4.69) is 10.2 Å². The molecule has 144 valence electrons. The van der Waals surface area contributed by atoms with Crippen molar-refractivity contribution in [2.75, 3.05) is 60.1 Å². The number of rotatable bonds is 8. The lowest BCUT2D eigenvalue weighted by Gasteiger charge is -2.35. The maximum Gasteiger partial charge on any atom is 0.251 e. The average Bonchev–Trinajstić information content (AvgIpc) is 2.68. The van der Waals surface area contributed by atoms with Crippen molar-refractivity contribution >= 4 is 11.8 Å². The van der Waals surface area contributed by atoms with Crippen LogP contribution in [-0.2, 0) is 9.53 Å². The number of carbonyl (C=O) groups excluding carboxylic acids is 2. The van der Waals surface area contributed by atoms with Crippen LogP contribution >= 0.6 is 0 Å². The molecule has 1 atom stereocenters. The van der Waals surface area contributed by atoms with Crippen LogP contribution in [0.3, 0.4) is 0 Å². The second-order valence-corrected chi connectivity index (χ2v) is 6.21. The van der Waals surface area contributed by atoms with E-state index in [0.29, 0.717) is 25.2 Å². The van der Waals surface area contributed by atoms with Crippen molar-refractivity contribution in [2.45, 2.75) is 6.04 Å². The van der Waals surface area contributed by atoms with Crippen LogP contribution in [0.15, 0.2) is 24.3 Å². The SMILES string of the molecule is COCC(N)C(=O)N1CCN(CCNC(=O)c2ccc(OC)cc2)CC1. The van der Waals surface area contributed by atoms with Gasteiger partial charge in [0.1, 0.15) is 11.8 Å². The monoisotopic (exact) mass is 364 g/mol. The number of hydrogen-bond acceptors (Lipinski definition) is 6. The van der Waals surface area contributed by atoms with Crippen LogP contribution < -0.4 is 15.8 Å². The van der Waals surface area contributed by atoms with Gasteiger partial charge in [0.25, 0.3) is 5.91 Å². The molecule has 0 aromatic heterocycles. The second-order valence-electron chi connectivity index (χ2n) is 6.21. The lowest BCUT2D eigenvalue weighted by Crippen LogP contribution is -2.54. The summed E-state index contributed by atoms with van der Waals surface area (Å²) in [7, 11) is 3.12. The van der Waals surface area contributed by atoms with Crippen molar-refractivity contribution in [3.05, 3.63) is 29.8 Å². The molecule has 26 heavy (non-hydrogen) atoms. The maximum absolute atomic E-state index is 12.1. The summed E-state index contributed by atoms with van der Waals surface area (Å²) >= 11 is 0. The van der Waals surface area contributed by atoms with E-state index < -0.39 is 6.04 Å². The molecular weight excluding hydrogens is 336 g/mol. The molecule has 1 unspecified atom stereocenters. The number of methoxy groups -OCH3 is 2. The Bertz CT molecular complexity index is 585. The van der Waals surface area contributed by atoms with Gasteiger partial charge in [0, 0.05) is 51.9 Å². The molecule has 8 nitrogen and oxygen atoms in total. The number of benzene rings is 1. The molecule has 1 saturated heterocycles. The van der Waals surface area contributed by atoms with Crippen molar-refractivity contribution in [1.82, 2.24) is 15.1 Å². The van der Waals surface area contributed by atoms with E-state index in [1.807, 2.05) is 0 Å². The molecule has 2 amide bonds. The summed E-state index contributed by atoms with van der Waals surface area (Å²) in [6, 6.07) is 6.40. The van der Waals surface area contributed by atoms with Gasteiger partial charge in [-0.15, -0.1) is 0 Å². The Balaban J connectivity index is 1.68. The van der Waals surface area contributed by atoms with Crippen molar-refractivity contribution in [3.8, 4) is 5.75 Å². The molecule has 0 bridgehead atoms. The van der Waals surface area contributed by atoms with Crippen LogP contribution in [0, 0.1) is 0 Å². The molecule has 8 heteroatoms. The highest BCUT2D eigenvalue weighted by Gasteiger charge is 2.25. The van der Waals surface area contributed by atoms with Gasteiger partial charge in [0.05, 0.1) is 13.7 Å². The third-order valence-electron chi connectivity index (χ3n) is 4.41. The first-order valence-corrected chi connectivity index (χ1v) is 8.73. The van der Waals surface area contributed by atoms with Crippen molar-refractivity contribution in [1.29, 1.82) is 0 Å². The zero-order valence-electron chi connectivity index (χ0n) is 15.4. The van der Waals surface area contributed by atoms with Gasteiger partial charge in [0.15, 0.2) is 0 Å². The van der Waals surface area contributed by atoms with Crippen molar-refractivity contribution in [3.63, 3.8) is 0 Å². The van der Waals surface area contributed by atoms with E-state index >= 15 is 0 Å². The van der Waals surface area contributed by atoms with Crippen LogP contribution in [0.1, 0.15) is 10.4 Å². The van der Waals surface area contributed by atoms with Crippen LogP contribution in [-0.4, -0.2) is 87.8 Å². The Morgan fingerprint density at radius 1 is 1.15 bits per heavy atom. The minimum Gasteiger partial charge on any atom is -0.497 e. The maximum atomic E-state index is 12.1. The number of carbonyl (C=O) groups is 2. The Morgan fingerprint density at radius 2 is 1.81 bits per heavy atom. The van der Waals surface area contributed by atoms with Gasteiger partial charge in [-0.2, -0.15) is 0 Å². The molecule has 1 heterocycles. The Hall–Kier alpha value is -2.16. The predicted octanol–water partition coefficient (Wildman–Crippen LogP) is -0.457. The van der Waals surface area contributed by atoms with Crippen LogP contribution in [0.4, 0.5) is 0 Å². The predicted molar refractivity (Wildman–Crippen MR) is 98.2 cm³/mol. The number of nitrogens with one attached hydrogen (secondary N) is 1. The van der Waals surface area contributed by atoms with Gasteiger partial charge < -0.3 is 25.4 Å². The highest BCUT2D eigenvalue weighted by molar-refractivity contribution is 5.94. The summed E-state index contributed by atoms with van der Waals surface area (Å²) in [6.07, 6.45) is 0. The largest absolute Gasteiger partial charge is 0.497 e. The molecule has 1 aromatic carbocycles. The molecule has 1 aliphatic rings. The molecule has 0 aliphatic carbocycles. The zero-order valence-corrected chi connectivity index (χ0v) is 15.4.